The summed E-state index contributed by atoms with van der Waals surface area (Å²) in [7, 11) is -3.57. The average Bonchev–Trinajstić information content (AvgIpc) is 2.94. The van der Waals surface area contributed by atoms with Gasteiger partial charge >= 0.3 is 6.09 Å². The number of piperidine rings is 1. The van der Waals surface area contributed by atoms with Crippen molar-refractivity contribution in [3.05, 3.63) is 12.3 Å². The van der Waals surface area contributed by atoms with E-state index in [2.05, 4.69) is 14.9 Å². The zero-order chi connectivity index (χ0) is 14.6. The lowest BCUT2D eigenvalue weighted by Gasteiger charge is -2.31. The van der Waals surface area contributed by atoms with E-state index in [4.69, 9.17) is 4.74 Å². The van der Waals surface area contributed by atoms with Crippen LogP contribution < -0.4 is 4.72 Å². The Bertz CT molecular complexity index is 535. The molecule has 112 valence electrons. The van der Waals surface area contributed by atoms with E-state index in [0.717, 1.165) is 0 Å². The van der Waals surface area contributed by atoms with E-state index < -0.39 is 10.0 Å². The van der Waals surface area contributed by atoms with E-state index in [-0.39, 0.29) is 17.2 Å². The van der Waals surface area contributed by atoms with E-state index in [1.807, 2.05) is 0 Å². The standard InChI is InChI=1S/C11H18N4O4S/c1-2-19-11(16)15-7-4-9(5-8-15)14-20(17,18)10-3-6-12-13-10/h3,6,9,14H,2,4-5,7-8H2,1H3,(H,12,13). The van der Waals surface area contributed by atoms with E-state index >= 15 is 0 Å². The maximum absolute atomic E-state index is 12.0. The maximum atomic E-state index is 12.0. The number of nitrogens with zero attached hydrogens (tertiary/aromatic N) is 2. The van der Waals surface area contributed by atoms with E-state index in [1.54, 1.807) is 11.8 Å². The number of aromatic amines is 1. The Kier molecular flexibility index (Phi) is 4.61. The van der Waals surface area contributed by atoms with Crippen LogP contribution in [-0.2, 0) is 14.8 Å². The first-order chi connectivity index (χ1) is 9.53. The molecule has 0 atom stereocenters. The molecule has 0 aromatic carbocycles. The van der Waals surface area contributed by atoms with Gasteiger partial charge in [-0.1, -0.05) is 0 Å². The van der Waals surface area contributed by atoms with Gasteiger partial charge in [-0.2, -0.15) is 5.10 Å². The Balaban J connectivity index is 1.87. The highest BCUT2D eigenvalue weighted by molar-refractivity contribution is 7.89. The number of hydrogen-bond acceptors (Lipinski definition) is 5. The number of rotatable bonds is 4. The van der Waals surface area contributed by atoms with Crippen LogP contribution in [0.4, 0.5) is 4.79 Å². The van der Waals surface area contributed by atoms with Crippen LogP contribution in [0.25, 0.3) is 0 Å². The SMILES string of the molecule is CCOC(=O)N1CCC(NS(=O)(=O)c2ccn[nH]2)CC1. The third-order valence-corrected chi connectivity index (χ3v) is 4.56. The quantitative estimate of drug-likeness (QED) is 0.833. The summed E-state index contributed by atoms with van der Waals surface area (Å²) in [5.41, 5.74) is 0. The number of ether oxygens (including phenoxy) is 1. The Hall–Kier alpha value is -1.61. The first-order valence-corrected chi connectivity index (χ1v) is 7.94. The van der Waals surface area contributed by atoms with Crippen LogP contribution in [0.3, 0.4) is 0 Å². The predicted octanol–water partition coefficient (Wildman–Crippen LogP) is 0.309. The lowest BCUT2D eigenvalue weighted by molar-refractivity contribution is 0.0966. The van der Waals surface area contributed by atoms with Crippen LogP contribution >= 0.6 is 0 Å². The van der Waals surface area contributed by atoms with Crippen LogP contribution in [0.5, 0.6) is 0 Å². The number of likely N-dealkylation sites (tertiary alicyclic amines) is 1. The molecule has 2 N–H and O–H groups in total. The molecule has 8 nitrogen and oxygen atoms in total. The zero-order valence-electron chi connectivity index (χ0n) is 11.2. The van der Waals surface area contributed by atoms with E-state index in [1.165, 1.54) is 12.3 Å². The number of sulfonamides is 1. The molecule has 1 aromatic rings. The summed E-state index contributed by atoms with van der Waals surface area (Å²) in [6, 6.07) is 1.21. The van der Waals surface area contributed by atoms with Crippen molar-refractivity contribution in [2.45, 2.75) is 30.8 Å². The number of nitrogens with one attached hydrogen (secondary N) is 2. The molecule has 2 rings (SSSR count). The molecule has 1 aliphatic heterocycles. The van der Waals surface area contributed by atoms with Crippen LogP contribution in [-0.4, -0.2) is 55.3 Å². The van der Waals surface area contributed by atoms with Gasteiger partial charge in [-0.15, -0.1) is 0 Å². The number of hydrogen-bond donors (Lipinski definition) is 2. The lowest BCUT2D eigenvalue weighted by atomic mass is 10.1. The molecule has 1 aromatic heterocycles. The van der Waals surface area contributed by atoms with Crippen molar-refractivity contribution < 1.29 is 17.9 Å². The highest BCUT2D eigenvalue weighted by Crippen LogP contribution is 2.14. The molecule has 0 saturated carbocycles. The Morgan fingerprint density at radius 1 is 1.55 bits per heavy atom. The van der Waals surface area contributed by atoms with Crippen molar-refractivity contribution in [3.63, 3.8) is 0 Å². The first kappa shape index (κ1) is 14.8. The van der Waals surface area contributed by atoms with Crippen molar-refractivity contribution in [2.75, 3.05) is 19.7 Å². The Morgan fingerprint density at radius 3 is 2.80 bits per heavy atom. The van der Waals surface area contributed by atoms with Crippen LogP contribution in [0.1, 0.15) is 19.8 Å². The predicted molar refractivity (Wildman–Crippen MR) is 70.5 cm³/mol. The van der Waals surface area contributed by atoms with Gasteiger partial charge in [0, 0.05) is 19.1 Å². The maximum Gasteiger partial charge on any atom is 0.409 e. The molecule has 0 unspecified atom stereocenters. The molecule has 1 amide bonds. The number of amides is 1. The van der Waals surface area contributed by atoms with Gasteiger partial charge in [0.2, 0.25) is 0 Å². The lowest BCUT2D eigenvalue weighted by Crippen LogP contribution is -2.46. The minimum Gasteiger partial charge on any atom is -0.450 e. The fraction of sp³-hybridized carbons (Fsp3) is 0.636. The van der Waals surface area contributed by atoms with Crippen molar-refractivity contribution in [2.24, 2.45) is 0 Å². The second kappa shape index (κ2) is 6.23. The third kappa shape index (κ3) is 3.48. The van der Waals surface area contributed by atoms with Crippen molar-refractivity contribution in [1.29, 1.82) is 0 Å². The van der Waals surface area contributed by atoms with Gasteiger partial charge in [0.1, 0.15) is 0 Å². The Morgan fingerprint density at radius 2 is 2.25 bits per heavy atom. The van der Waals surface area contributed by atoms with E-state index in [9.17, 15) is 13.2 Å². The fourth-order valence-electron chi connectivity index (χ4n) is 2.07. The molecule has 20 heavy (non-hydrogen) atoms. The van der Waals surface area contributed by atoms with Crippen LogP contribution in [0.2, 0.25) is 0 Å². The Labute approximate surface area is 117 Å². The second-order valence-electron chi connectivity index (χ2n) is 4.50. The summed E-state index contributed by atoms with van der Waals surface area (Å²) in [5, 5.41) is 6.10. The largest absolute Gasteiger partial charge is 0.450 e. The monoisotopic (exact) mass is 302 g/mol. The fourth-order valence-corrected chi connectivity index (χ4v) is 3.28. The molecule has 1 aliphatic rings. The molecular weight excluding hydrogens is 284 g/mol. The van der Waals surface area contributed by atoms with Gasteiger partial charge < -0.3 is 9.64 Å². The molecule has 0 spiro atoms. The molecule has 0 aliphatic carbocycles. The molecular formula is C11H18N4O4S. The smallest absolute Gasteiger partial charge is 0.409 e. The molecule has 2 heterocycles. The summed E-state index contributed by atoms with van der Waals surface area (Å²) < 4.78 is 31.5. The highest BCUT2D eigenvalue weighted by Gasteiger charge is 2.27. The summed E-state index contributed by atoms with van der Waals surface area (Å²) in [4.78, 5) is 13.1. The summed E-state index contributed by atoms with van der Waals surface area (Å²) in [6.07, 6.45) is 2.17. The number of H-pyrrole nitrogens is 1. The van der Waals surface area contributed by atoms with Gasteiger partial charge in [0.25, 0.3) is 10.0 Å². The van der Waals surface area contributed by atoms with Crippen LogP contribution in [0.15, 0.2) is 17.3 Å². The first-order valence-electron chi connectivity index (χ1n) is 6.46. The normalized spacial score (nSPS) is 17.1. The molecule has 0 radical (unpaired) electrons. The van der Waals surface area contributed by atoms with Gasteiger partial charge in [0.05, 0.1) is 12.8 Å². The summed E-state index contributed by atoms with van der Waals surface area (Å²) in [5.74, 6) is 0. The van der Waals surface area contributed by atoms with Gasteiger partial charge in [-0.25, -0.2) is 17.9 Å². The molecule has 0 bridgehead atoms. The topological polar surface area (TPSA) is 104 Å². The highest BCUT2D eigenvalue weighted by atomic mass is 32.2. The molecule has 1 saturated heterocycles. The number of aromatic nitrogens is 2. The third-order valence-electron chi connectivity index (χ3n) is 3.11. The van der Waals surface area contributed by atoms with Crippen molar-refractivity contribution in [1.82, 2.24) is 19.8 Å². The summed E-state index contributed by atoms with van der Waals surface area (Å²) >= 11 is 0. The zero-order valence-corrected chi connectivity index (χ0v) is 12.0. The van der Waals surface area contributed by atoms with Crippen LogP contribution in [0, 0.1) is 0 Å². The van der Waals surface area contributed by atoms with Gasteiger partial charge in [-0.05, 0) is 25.8 Å². The van der Waals surface area contributed by atoms with Crippen molar-refractivity contribution >= 4 is 16.1 Å². The second-order valence-corrected chi connectivity index (χ2v) is 6.18. The van der Waals surface area contributed by atoms with Gasteiger partial charge in [0.15, 0.2) is 5.03 Å². The number of carbonyl (C=O) groups excluding carboxylic acids is 1. The van der Waals surface area contributed by atoms with E-state index in [0.29, 0.717) is 32.5 Å². The number of carbonyl (C=O) groups is 1. The average molecular weight is 302 g/mol. The van der Waals surface area contributed by atoms with Gasteiger partial charge in [-0.3, -0.25) is 5.10 Å². The van der Waals surface area contributed by atoms with Crippen molar-refractivity contribution in [3.8, 4) is 0 Å². The minimum absolute atomic E-state index is 0.0466. The molecule has 9 heteroatoms. The minimum atomic E-state index is -3.57. The molecule has 1 fully saturated rings. The summed E-state index contributed by atoms with van der Waals surface area (Å²) in [6.45, 7) is 3.05.